The number of carbonyl (C=O) groups is 1. The molecular weight excluding hydrogens is 332 g/mol. The maximum atomic E-state index is 12.1. The number of hydrogen-bond donors (Lipinski definition) is 3. The van der Waals surface area contributed by atoms with Crippen molar-refractivity contribution in [1.82, 2.24) is 15.1 Å². The largest absolute Gasteiger partial charge is 0.361 e. The third-order valence-electron chi connectivity index (χ3n) is 3.46. The number of rotatable bonds is 6. The molecule has 2 aromatic heterocycles. The van der Waals surface area contributed by atoms with Gasteiger partial charge in [0.25, 0.3) is 5.91 Å². The fourth-order valence-electron chi connectivity index (χ4n) is 2.32. The number of carbonyl (C=O) groups excluding carboxylic acids is 1. The Morgan fingerprint density at radius 1 is 1.08 bits per heavy atom. The van der Waals surface area contributed by atoms with Crippen LogP contribution in [0.15, 0.2) is 40.9 Å². The molecule has 3 N–H and O–H groups in total. The number of anilines is 4. The maximum Gasteiger partial charge on any atom is 0.277 e. The van der Waals surface area contributed by atoms with Crippen molar-refractivity contribution < 1.29 is 9.32 Å². The third-order valence-corrected chi connectivity index (χ3v) is 3.46. The summed E-state index contributed by atoms with van der Waals surface area (Å²) in [5, 5.41) is 12.8. The Kier molecular flexibility index (Phi) is 5.12. The van der Waals surface area contributed by atoms with E-state index in [-0.39, 0.29) is 11.6 Å². The molecule has 1 amide bonds. The molecule has 0 bridgehead atoms. The molecule has 8 heteroatoms. The first-order chi connectivity index (χ1) is 12.5. The predicted molar refractivity (Wildman–Crippen MR) is 99.9 cm³/mol. The van der Waals surface area contributed by atoms with Crippen molar-refractivity contribution in [2.45, 2.75) is 20.8 Å². The maximum absolute atomic E-state index is 12.1. The summed E-state index contributed by atoms with van der Waals surface area (Å²) >= 11 is 0. The average Bonchev–Trinajstić information content (AvgIpc) is 3.03. The molecule has 26 heavy (non-hydrogen) atoms. The molecule has 0 fully saturated rings. The lowest BCUT2D eigenvalue weighted by molar-refractivity contribution is 0.101. The minimum Gasteiger partial charge on any atom is -0.361 e. The number of benzene rings is 1. The number of nitrogens with zero attached hydrogens (tertiary/aromatic N) is 3. The van der Waals surface area contributed by atoms with E-state index in [1.807, 2.05) is 32.0 Å². The summed E-state index contributed by atoms with van der Waals surface area (Å²) in [4.78, 5) is 20.8. The zero-order valence-corrected chi connectivity index (χ0v) is 14.8. The van der Waals surface area contributed by atoms with Gasteiger partial charge in [0.05, 0.1) is 0 Å². The van der Waals surface area contributed by atoms with Gasteiger partial charge in [-0.05, 0) is 45.0 Å². The standard InChI is InChI=1S/C18H20N6O2/c1-4-19-18-20-11(2)9-16(23-18)21-13-5-7-14(8-6-13)22-17(25)15-10-12(3)26-24-15/h5-10H,4H2,1-3H3,(H,22,25)(H2,19,20,21,23). The van der Waals surface area contributed by atoms with Crippen LogP contribution in [0.1, 0.15) is 28.9 Å². The summed E-state index contributed by atoms with van der Waals surface area (Å²) in [6, 6.07) is 10.8. The van der Waals surface area contributed by atoms with Gasteiger partial charge in [-0.15, -0.1) is 0 Å². The van der Waals surface area contributed by atoms with Crippen LogP contribution >= 0.6 is 0 Å². The van der Waals surface area contributed by atoms with Crippen molar-refractivity contribution in [3.8, 4) is 0 Å². The van der Waals surface area contributed by atoms with Gasteiger partial charge in [-0.3, -0.25) is 4.79 Å². The Hall–Kier alpha value is -3.42. The van der Waals surface area contributed by atoms with Gasteiger partial charge in [0.2, 0.25) is 5.95 Å². The van der Waals surface area contributed by atoms with Crippen LogP contribution in [-0.4, -0.2) is 27.6 Å². The molecule has 0 saturated carbocycles. The van der Waals surface area contributed by atoms with E-state index in [0.717, 1.165) is 17.9 Å². The number of aryl methyl sites for hydroxylation is 2. The SMILES string of the molecule is CCNc1nc(C)cc(Nc2ccc(NC(=O)c3cc(C)on3)cc2)n1. The molecule has 3 aromatic rings. The quantitative estimate of drug-likeness (QED) is 0.623. The van der Waals surface area contributed by atoms with Crippen LogP contribution in [0.25, 0.3) is 0 Å². The van der Waals surface area contributed by atoms with Crippen molar-refractivity contribution in [1.29, 1.82) is 0 Å². The lowest BCUT2D eigenvalue weighted by atomic mass is 10.2. The molecule has 0 aliphatic carbocycles. The zero-order valence-electron chi connectivity index (χ0n) is 14.8. The second-order valence-corrected chi connectivity index (χ2v) is 5.73. The topological polar surface area (TPSA) is 105 Å². The molecule has 0 spiro atoms. The molecule has 8 nitrogen and oxygen atoms in total. The van der Waals surface area contributed by atoms with E-state index in [1.54, 1.807) is 25.1 Å². The molecule has 1 aromatic carbocycles. The van der Waals surface area contributed by atoms with Crippen LogP contribution in [0.3, 0.4) is 0 Å². The fraction of sp³-hybridized carbons (Fsp3) is 0.222. The Morgan fingerprint density at radius 2 is 1.81 bits per heavy atom. The highest BCUT2D eigenvalue weighted by Crippen LogP contribution is 2.19. The lowest BCUT2D eigenvalue weighted by Crippen LogP contribution is -2.12. The second-order valence-electron chi connectivity index (χ2n) is 5.73. The number of aromatic nitrogens is 3. The van der Waals surface area contributed by atoms with E-state index in [1.165, 1.54) is 0 Å². The number of hydrogen-bond acceptors (Lipinski definition) is 7. The first kappa shape index (κ1) is 17.4. The molecule has 2 heterocycles. The van der Waals surface area contributed by atoms with Crippen LogP contribution in [0.4, 0.5) is 23.1 Å². The number of nitrogens with one attached hydrogen (secondary N) is 3. The van der Waals surface area contributed by atoms with Gasteiger partial charge in [0, 0.05) is 35.7 Å². The van der Waals surface area contributed by atoms with Gasteiger partial charge in [0.1, 0.15) is 11.6 Å². The summed E-state index contributed by atoms with van der Waals surface area (Å²) in [5.41, 5.74) is 2.62. The molecule has 0 atom stereocenters. The van der Waals surface area contributed by atoms with Crippen LogP contribution in [0, 0.1) is 13.8 Å². The van der Waals surface area contributed by atoms with Crippen LogP contribution in [-0.2, 0) is 0 Å². The van der Waals surface area contributed by atoms with Crippen molar-refractivity contribution in [2.24, 2.45) is 0 Å². The van der Waals surface area contributed by atoms with E-state index in [2.05, 4.69) is 31.1 Å². The molecule has 0 unspecified atom stereocenters. The summed E-state index contributed by atoms with van der Waals surface area (Å²) in [6.45, 7) is 6.40. The first-order valence-corrected chi connectivity index (χ1v) is 8.25. The molecule has 0 saturated heterocycles. The van der Waals surface area contributed by atoms with Crippen molar-refractivity contribution in [3.05, 3.63) is 53.5 Å². The highest BCUT2D eigenvalue weighted by molar-refractivity contribution is 6.02. The van der Waals surface area contributed by atoms with Gasteiger partial charge < -0.3 is 20.5 Å². The van der Waals surface area contributed by atoms with E-state index < -0.39 is 0 Å². The van der Waals surface area contributed by atoms with E-state index >= 15 is 0 Å². The summed E-state index contributed by atoms with van der Waals surface area (Å²) in [5.74, 6) is 1.56. The van der Waals surface area contributed by atoms with Crippen LogP contribution < -0.4 is 16.0 Å². The third kappa shape index (κ3) is 4.35. The van der Waals surface area contributed by atoms with Gasteiger partial charge in [-0.1, -0.05) is 5.16 Å². The summed E-state index contributed by atoms with van der Waals surface area (Å²) in [7, 11) is 0. The Balaban J connectivity index is 1.67. The molecule has 0 radical (unpaired) electrons. The average molecular weight is 352 g/mol. The van der Waals surface area contributed by atoms with Gasteiger partial charge >= 0.3 is 0 Å². The smallest absolute Gasteiger partial charge is 0.277 e. The Morgan fingerprint density at radius 3 is 2.46 bits per heavy atom. The summed E-state index contributed by atoms with van der Waals surface area (Å²) in [6.07, 6.45) is 0. The first-order valence-electron chi connectivity index (χ1n) is 8.25. The fourth-order valence-corrected chi connectivity index (χ4v) is 2.32. The van der Waals surface area contributed by atoms with Crippen LogP contribution in [0.2, 0.25) is 0 Å². The Labute approximate surface area is 151 Å². The van der Waals surface area contributed by atoms with Crippen molar-refractivity contribution in [3.63, 3.8) is 0 Å². The van der Waals surface area contributed by atoms with Gasteiger partial charge in [0.15, 0.2) is 5.69 Å². The highest BCUT2D eigenvalue weighted by Gasteiger charge is 2.11. The van der Waals surface area contributed by atoms with E-state index in [4.69, 9.17) is 4.52 Å². The normalized spacial score (nSPS) is 10.4. The number of amides is 1. The molecule has 0 aliphatic heterocycles. The molecular formula is C18H20N6O2. The second kappa shape index (κ2) is 7.64. The highest BCUT2D eigenvalue weighted by atomic mass is 16.5. The van der Waals surface area contributed by atoms with E-state index in [9.17, 15) is 4.79 Å². The van der Waals surface area contributed by atoms with Gasteiger partial charge in [-0.2, -0.15) is 4.98 Å². The van der Waals surface area contributed by atoms with Crippen molar-refractivity contribution >= 4 is 29.0 Å². The molecule has 0 aliphatic rings. The monoisotopic (exact) mass is 352 g/mol. The van der Waals surface area contributed by atoms with E-state index in [0.29, 0.717) is 23.2 Å². The lowest BCUT2D eigenvalue weighted by Gasteiger charge is -2.10. The molecule has 3 rings (SSSR count). The zero-order chi connectivity index (χ0) is 18.5. The van der Waals surface area contributed by atoms with Crippen LogP contribution in [0.5, 0.6) is 0 Å². The minimum atomic E-state index is -0.315. The van der Waals surface area contributed by atoms with Gasteiger partial charge in [-0.25, -0.2) is 4.98 Å². The molecule has 134 valence electrons. The van der Waals surface area contributed by atoms with Crippen molar-refractivity contribution in [2.75, 3.05) is 22.5 Å². The minimum absolute atomic E-state index is 0.247. The summed E-state index contributed by atoms with van der Waals surface area (Å²) < 4.78 is 4.91. The Bertz CT molecular complexity index is 904. The predicted octanol–water partition coefficient (Wildman–Crippen LogP) is 3.51.